The van der Waals surface area contributed by atoms with E-state index in [4.69, 9.17) is 4.98 Å². The van der Waals surface area contributed by atoms with Crippen molar-refractivity contribution in [1.29, 1.82) is 0 Å². The third kappa shape index (κ3) is 3.91. The fraction of sp³-hybridized carbons (Fsp3) is 0.318. The monoisotopic (exact) mass is 375 g/mol. The number of fused-ring (bicyclic) bond motifs is 1. The quantitative estimate of drug-likeness (QED) is 0.759. The van der Waals surface area contributed by atoms with Crippen molar-refractivity contribution in [2.45, 2.75) is 6.42 Å². The summed E-state index contributed by atoms with van der Waals surface area (Å²) in [5.74, 6) is 1.17. The summed E-state index contributed by atoms with van der Waals surface area (Å²) in [6.07, 6.45) is 2.85. The predicted molar refractivity (Wildman–Crippen MR) is 112 cm³/mol. The topological polar surface area (TPSA) is 61.4 Å². The second-order valence-corrected chi connectivity index (χ2v) is 7.49. The van der Waals surface area contributed by atoms with E-state index in [-0.39, 0.29) is 6.03 Å². The highest BCUT2D eigenvalue weighted by molar-refractivity contribution is 5.86. The molecule has 1 N–H and O–H groups in total. The van der Waals surface area contributed by atoms with Gasteiger partial charge in [-0.1, -0.05) is 36.4 Å². The van der Waals surface area contributed by atoms with Crippen molar-refractivity contribution in [2.24, 2.45) is 5.92 Å². The molecule has 0 aliphatic carbocycles. The summed E-state index contributed by atoms with van der Waals surface area (Å²) in [6.45, 7) is 2.44. The number of nitrogens with zero attached hydrogens (tertiary/aromatic N) is 4. The van der Waals surface area contributed by atoms with E-state index >= 15 is 0 Å². The lowest BCUT2D eigenvalue weighted by atomic mass is 10.1. The fourth-order valence-corrected chi connectivity index (χ4v) is 3.58. The lowest BCUT2D eigenvalue weighted by Crippen LogP contribution is -2.38. The second kappa shape index (κ2) is 7.84. The summed E-state index contributed by atoms with van der Waals surface area (Å²) in [4.78, 5) is 24.8. The highest BCUT2D eigenvalue weighted by atomic mass is 16.2. The highest BCUT2D eigenvalue weighted by Gasteiger charge is 2.25. The van der Waals surface area contributed by atoms with Crippen LogP contribution in [0.2, 0.25) is 0 Å². The van der Waals surface area contributed by atoms with Crippen LogP contribution in [0.4, 0.5) is 10.7 Å². The van der Waals surface area contributed by atoms with Gasteiger partial charge in [-0.15, -0.1) is 0 Å². The predicted octanol–water partition coefficient (Wildman–Crippen LogP) is 3.39. The van der Waals surface area contributed by atoms with Crippen LogP contribution in [0.3, 0.4) is 0 Å². The molecule has 1 aliphatic heterocycles. The average Bonchev–Trinajstić information content (AvgIpc) is 3.21. The van der Waals surface area contributed by atoms with Gasteiger partial charge in [0.15, 0.2) is 0 Å². The number of carbonyl (C=O) groups is 1. The van der Waals surface area contributed by atoms with Crippen LogP contribution >= 0.6 is 0 Å². The van der Waals surface area contributed by atoms with E-state index in [1.807, 2.05) is 12.3 Å². The maximum atomic E-state index is 11.7. The molecule has 1 saturated heterocycles. The third-order valence-corrected chi connectivity index (χ3v) is 5.20. The third-order valence-electron chi connectivity index (χ3n) is 5.20. The van der Waals surface area contributed by atoms with E-state index in [9.17, 15) is 4.79 Å². The van der Waals surface area contributed by atoms with Crippen LogP contribution in [0.1, 0.15) is 6.42 Å². The van der Waals surface area contributed by atoms with E-state index in [2.05, 4.69) is 57.7 Å². The summed E-state index contributed by atoms with van der Waals surface area (Å²) in [5, 5.41) is 5.40. The van der Waals surface area contributed by atoms with Crippen molar-refractivity contribution in [3.63, 3.8) is 0 Å². The molecule has 1 aliphatic rings. The molecular formula is C22H25N5O. The van der Waals surface area contributed by atoms with Crippen molar-refractivity contribution < 1.29 is 4.79 Å². The maximum Gasteiger partial charge on any atom is 0.316 e. The Bertz CT molecular complexity index is 987. The Morgan fingerprint density at radius 2 is 2.00 bits per heavy atom. The normalized spacial score (nSPS) is 16.4. The molecule has 3 aromatic rings. The Labute approximate surface area is 165 Å². The van der Waals surface area contributed by atoms with Gasteiger partial charge in [-0.25, -0.2) is 14.8 Å². The zero-order valence-electron chi connectivity index (χ0n) is 16.3. The number of urea groups is 1. The molecule has 1 aromatic heterocycles. The largest absolute Gasteiger partial charge is 0.340 e. The van der Waals surface area contributed by atoms with E-state index in [1.165, 1.54) is 10.8 Å². The van der Waals surface area contributed by atoms with Gasteiger partial charge in [0.25, 0.3) is 0 Å². The summed E-state index contributed by atoms with van der Waals surface area (Å²) in [6, 6.07) is 16.7. The minimum atomic E-state index is -0.0481. The maximum absolute atomic E-state index is 11.7. The average molecular weight is 375 g/mol. The molecular weight excluding hydrogens is 350 g/mol. The zero-order valence-corrected chi connectivity index (χ0v) is 16.3. The number of anilines is 1. The number of nitrogens with one attached hydrogen (secondary N) is 1. The smallest absolute Gasteiger partial charge is 0.316 e. The minimum absolute atomic E-state index is 0.0481. The molecule has 6 nitrogen and oxygen atoms in total. The molecule has 28 heavy (non-hydrogen) atoms. The molecule has 144 valence electrons. The zero-order chi connectivity index (χ0) is 19.5. The Hall–Kier alpha value is -3.15. The van der Waals surface area contributed by atoms with Crippen molar-refractivity contribution in [3.8, 4) is 11.3 Å². The SMILES string of the molecule is CN(C)C(=O)NCC1CCN(c2nccc(-c3ccc4ccccc4c3)n2)C1. The number of benzene rings is 2. The van der Waals surface area contributed by atoms with Gasteiger partial charge in [-0.2, -0.15) is 0 Å². The molecule has 4 rings (SSSR count). The van der Waals surface area contributed by atoms with Gasteiger partial charge in [0.05, 0.1) is 5.69 Å². The number of rotatable bonds is 4. The Balaban J connectivity index is 1.47. The van der Waals surface area contributed by atoms with Gasteiger partial charge < -0.3 is 15.1 Å². The Morgan fingerprint density at radius 1 is 1.18 bits per heavy atom. The molecule has 0 saturated carbocycles. The van der Waals surface area contributed by atoms with Crippen molar-refractivity contribution in [3.05, 3.63) is 54.7 Å². The first-order valence-corrected chi connectivity index (χ1v) is 9.62. The van der Waals surface area contributed by atoms with Crippen molar-refractivity contribution in [1.82, 2.24) is 20.2 Å². The molecule has 2 aromatic carbocycles. The molecule has 0 bridgehead atoms. The first-order chi connectivity index (χ1) is 13.6. The minimum Gasteiger partial charge on any atom is -0.340 e. The second-order valence-electron chi connectivity index (χ2n) is 7.49. The van der Waals surface area contributed by atoms with E-state index in [1.54, 1.807) is 19.0 Å². The standard InChI is InChI=1S/C22H25N5O/c1-26(2)22(28)24-14-16-10-12-27(15-16)21-23-11-9-20(25-21)19-8-7-17-5-3-4-6-18(17)13-19/h3-9,11,13,16H,10,12,14-15H2,1-2H3,(H,24,28). The summed E-state index contributed by atoms with van der Waals surface area (Å²) < 4.78 is 0. The van der Waals surface area contributed by atoms with Crippen LogP contribution in [0.5, 0.6) is 0 Å². The first-order valence-electron chi connectivity index (χ1n) is 9.62. The molecule has 6 heteroatoms. The first kappa shape index (κ1) is 18.2. The molecule has 1 atom stereocenters. The van der Waals surface area contributed by atoms with Gasteiger partial charge in [-0.3, -0.25) is 0 Å². The lowest BCUT2D eigenvalue weighted by Gasteiger charge is -2.18. The molecule has 2 amide bonds. The van der Waals surface area contributed by atoms with Crippen LogP contribution in [0.25, 0.3) is 22.0 Å². The highest BCUT2D eigenvalue weighted by Crippen LogP contribution is 2.26. The lowest BCUT2D eigenvalue weighted by molar-refractivity contribution is 0.216. The van der Waals surface area contributed by atoms with Crippen LogP contribution < -0.4 is 10.2 Å². The van der Waals surface area contributed by atoms with Crippen LogP contribution in [-0.4, -0.2) is 54.6 Å². The van der Waals surface area contributed by atoms with Gasteiger partial charge in [0.2, 0.25) is 5.95 Å². The van der Waals surface area contributed by atoms with Crippen molar-refractivity contribution >= 4 is 22.8 Å². The number of hydrogen-bond donors (Lipinski definition) is 1. The molecule has 0 spiro atoms. The van der Waals surface area contributed by atoms with Crippen molar-refractivity contribution in [2.75, 3.05) is 38.6 Å². The molecule has 1 fully saturated rings. The summed E-state index contributed by atoms with van der Waals surface area (Å²) in [7, 11) is 3.50. The number of aromatic nitrogens is 2. The molecule has 0 radical (unpaired) electrons. The van der Waals surface area contributed by atoms with E-state index in [0.717, 1.165) is 36.7 Å². The van der Waals surface area contributed by atoms with Crippen LogP contribution in [0, 0.1) is 5.92 Å². The fourth-order valence-electron chi connectivity index (χ4n) is 3.58. The van der Waals surface area contributed by atoms with Gasteiger partial charge in [0.1, 0.15) is 0 Å². The van der Waals surface area contributed by atoms with Gasteiger partial charge in [0, 0.05) is 45.5 Å². The van der Waals surface area contributed by atoms with Crippen LogP contribution in [0.15, 0.2) is 54.7 Å². The van der Waals surface area contributed by atoms with E-state index < -0.39 is 0 Å². The summed E-state index contributed by atoms with van der Waals surface area (Å²) in [5.41, 5.74) is 2.02. The number of carbonyl (C=O) groups excluding carboxylic acids is 1. The molecule has 2 heterocycles. The van der Waals surface area contributed by atoms with Crippen LogP contribution in [-0.2, 0) is 0 Å². The summed E-state index contributed by atoms with van der Waals surface area (Å²) >= 11 is 0. The van der Waals surface area contributed by atoms with Gasteiger partial charge >= 0.3 is 6.03 Å². The Kier molecular flexibility index (Phi) is 5.10. The van der Waals surface area contributed by atoms with Gasteiger partial charge in [-0.05, 0) is 35.2 Å². The molecule has 1 unspecified atom stereocenters. The number of amides is 2. The van der Waals surface area contributed by atoms with E-state index in [0.29, 0.717) is 12.5 Å². The Morgan fingerprint density at radius 3 is 2.82 bits per heavy atom. The number of hydrogen-bond acceptors (Lipinski definition) is 4.